The molecule has 0 bridgehead atoms. The molecule has 158 valence electrons. The second-order valence-electron chi connectivity index (χ2n) is 7.59. The molecule has 0 aliphatic carbocycles. The molecule has 30 heavy (non-hydrogen) atoms. The molecule has 2 amide bonds. The van der Waals surface area contributed by atoms with Gasteiger partial charge in [0.15, 0.2) is 11.5 Å². The van der Waals surface area contributed by atoms with Gasteiger partial charge in [-0.25, -0.2) is 0 Å². The van der Waals surface area contributed by atoms with Gasteiger partial charge in [0.25, 0.3) is 0 Å². The van der Waals surface area contributed by atoms with Gasteiger partial charge in [0.05, 0.1) is 27.2 Å². The van der Waals surface area contributed by atoms with Crippen LogP contribution in [0.5, 0.6) is 17.2 Å². The number of carbonyl (C=O) groups is 2. The molecule has 0 saturated carbocycles. The van der Waals surface area contributed by atoms with Gasteiger partial charge in [-0.1, -0.05) is 6.07 Å². The van der Waals surface area contributed by atoms with Crippen LogP contribution in [0.25, 0.3) is 0 Å². The molecule has 2 aliphatic rings. The Labute approximate surface area is 176 Å². The number of carbonyl (C=O) groups excluding carboxylic acids is 2. The van der Waals surface area contributed by atoms with Crippen molar-refractivity contribution in [1.82, 2.24) is 4.90 Å². The second-order valence-corrected chi connectivity index (χ2v) is 7.59. The van der Waals surface area contributed by atoms with Crippen LogP contribution in [0.3, 0.4) is 0 Å². The lowest BCUT2D eigenvalue weighted by molar-refractivity contribution is -0.136. The van der Waals surface area contributed by atoms with E-state index in [2.05, 4.69) is 0 Å². The third-order valence-corrected chi connectivity index (χ3v) is 5.87. The molecule has 0 unspecified atom stereocenters. The van der Waals surface area contributed by atoms with Gasteiger partial charge in [0.2, 0.25) is 11.8 Å². The molecule has 7 heteroatoms. The Bertz CT molecular complexity index is 974. The molecule has 2 aliphatic heterocycles. The van der Waals surface area contributed by atoms with Crippen molar-refractivity contribution in [2.75, 3.05) is 39.3 Å². The largest absolute Gasteiger partial charge is 0.497 e. The molecule has 0 aromatic heterocycles. The minimum Gasteiger partial charge on any atom is -0.497 e. The van der Waals surface area contributed by atoms with Crippen LogP contribution in [0.15, 0.2) is 36.4 Å². The van der Waals surface area contributed by atoms with E-state index in [0.29, 0.717) is 36.9 Å². The zero-order valence-corrected chi connectivity index (χ0v) is 17.5. The average molecular weight is 410 g/mol. The normalized spacial score (nSPS) is 18.2. The average Bonchev–Trinajstić information content (AvgIpc) is 3.18. The Balaban J connectivity index is 1.48. The van der Waals surface area contributed by atoms with E-state index in [9.17, 15) is 9.59 Å². The lowest BCUT2D eigenvalue weighted by Gasteiger charge is -2.31. The van der Waals surface area contributed by atoms with E-state index in [-0.39, 0.29) is 24.2 Å². The summed E-state index contributed by atoms with van der Waals surface area (Å²) in [5.41, 5.74) is 2.98. The molecule has 0 spiro atoms. The minimum absolute atomic E-state index is 0.0224. The van der Waals surface area contributed by atoms with Crippen molar-refractivity contribution in [1.29, 1.82) is 0 Å². The Hall–Kier alpha value is -3.22. The van der Waals surface area contributed by atoms with Gasteiger partial charge in [-0.05, 0) is 41.8 Å². The third kappa shape index (κ3) is 3.67. The summed E-state index contributed by atoms with van der Waals surface area (Å²) >= 11 is 0. The predicted octanol–water partition coefficient (Wildman–Crippen LogP) is 2.65. The first kappa shape index (κ1) is 20.1. The first-order valence-electron chi connectivity index (χ1n) is 10.0. The Kier molecular flexibility index (Phi) is 5.53. The molecule has 2 heterocycles. The summed E-state index contributed by atoms with van der Waals surface area (Å²) in [4.78, 5) is 29.3. The highest BCUT2D eigenvalue weighted by molar-refractivity contribution is 6.00. The number of rotatable bonds is 5. The molecule has 1 saturated heterocycles. The number of amides is 2. The molecule has 1 atom stereocenters. The molecule has 7 nitrogen and oxygen atoms in total. The molecule has 0 N–H and O–H groups in total. The van der Waals surface area contributed by atoms with E-state index in [4.69, 9.17) is 14.2 Å². The molecular formula is C23H26N2O5. The Morgan fingerprint density at radius 1 is 1.00 bits per heavy atom. The summed E-state index contributed by atoms with van der Waals surface area (Å²) in [7, 11) is 4.82. The highest BCUT2D eigenvalue weighted by atomic mass is 16.5. The van der Waals surface area contributed by atoms with Gasteiger partial charge in [-0.3, -0.25) is 9.59 Å². The van der Waals surface area contributed by atoms with E-state index in [1.165, 1.54) is 0 Å². The smallest absolute Gasteiger partial charge is 0.228 e. The van der Waals surface area contributed by atoms with Crippen LogP contribution < -0.4 is 19.1 Å². The predicted molar refractivity (Wildman–Crippen MR) is 112 cm³/mol. The van der Waals surface area contributed by atoms with Crippen LogP contribution in [0.2, 0.25) is 0 Å². The van der Waals surface area contributed by atoms with E-state index < -0.39 is 0 Å². The molecule has 2 aromatic carbocycles. The van der Waals surface area contributed by atoms with Crippen LogP contribution >= 0.6 is 0 Å². The van der Waals surface area contributed by atoms with Crippen molar-refractivity contribution in [3.8, 4) is 17.2 Å². The topological polar surface area (TPSA) is 68.3 Å². The first-order chi connectivity index (χ1) is 14.5. The van der Waals surface area contributed by atoms with Crippen molar-refractivity contribution >= 4 is 17.5 Å². The van der Waals surface area contributed by atoms with E-state index in [1.54, 1.807) is 26.2 Å². The van der Waals surface area contributed by atoms with E-state index in [1.807, 2.05) is 41.3 Å². The van der Waals surface area contributed by atoms with Crippen molar-refractivity contribution in [3.05, 3.63) is 47.5 Å². The summed E-state index contributed by atoms with van der Waals surface area (Å²) in [5, 5.41) is 0. The number of fused-ring (bicyclic) bond motifs is 1. The summed E-state index contributed by atoms with van der Waals surface area (Å²) in [6.07, 6.45) is 0.979. The number of ether oxygens (including phenoxy) is 3. The number of methoxy groups -OCH3 is 3. The second kappa shape index (κ2) is 8.26. The summed E-state index contributed by atoms with van der Waals surface area (Å²) < 4.78 is 16.0. The number of hydrogen-bond acceptors (Lipinski definition) is 5. The van der Waals surface area contributed by atoms with Crippen LogP contribution in [-0.2, 0) is 22.6 Å². The SMILES string of the molecule is COc1cccc(N2C[C@@H](C(=O)N3CCc4cc(OC)c(OC)cc4C3)CC2=O)c1. The maximum atomic E-state index is 13.2. The quantitative estimate of drug-likeness (QED) is 0.758. The van der Waals surface area contributed by atoms with Crippen LogP contribution in [0.1, 0.15) is 17.5 Å². The van der Waals surface area contributed by atoms with Gasteiger partial charge in [-0.2, -0.15) is 0 Å². The third-order valence-electron chi connectivity index (χ3n) is 5.87. The highest BCUT2D eigenvalue weighted by Crippen LogP contribution is 2.34. The first-order valence-corrected chi connectivity index (χ1v) is 10.0. The molecule has 0 radical (unpaired) electrons. The summed E-state index contributed by atoms with van der Waals surface area (Å²) in [6, 6.07) is 11.3. The summed E-state index contributed by atoms with van der Waals surface area (Å²) in [5.74, 6) is 1.69. The number of benzene rings is 2. The van der Waals surface area contributed by atoms with Crippen LogP contribution in [0.4, 0.5) is 5.69 Å². The Morgan fingerprint density at radius 3 is 2.43 bits per heavy atom. The lowest BCUT2D eigenvalue weighted by atomic mass is 9.97. The zero-order valence-electron chi connectivity index (χ0n) is 17.5. The fourth-order valence-corrected chi connectivity index (χ4v) is 4.23. The summed E-state index contributed by atoms with van der Waals surface area (Å²) in [6.45, 7) is 1.53. The van der Waals surface area contributed by atoms with Gasteiger partial charge >= 0.3 is 0 Å². The van der Waals surface area contributed by atoms with E-state index >= 15 is 0 Å². The van der Waals surface area contributed by atoms with Gasteiger partial charge < -0.3 is 24.0 Å². The van der Waals surface area contributed by atoms with Gasteiger partial charge in [-0.15, -0.1) is 0 Å². The van der Waals surface area contributed by atoms with Gasteiger partial charge in [0, 0.05) is 37.8 Å². The highest BCUT2D eigenvalue weighted by Gasteiger charge is 2.38. The molecule has 4 rings (SSSR count). The molecular weight excluding hydrogens is 384 g/mol. The van der Waals surface area contributed by atoms with Crippen molar-refractivity contribution in [2.24, 2.45) is 5.92 Å². The minimum atomic E-state index is -0.342. The zero-order chi connectivity index (χ0) is 21.3. The maximum Gasteiger partial charge on any atom is 0.228 e. The number of anilines is 1. The van der Waals surface area contributed by atoms with Crippen LogP contribution in [0, 0.1) is 5.92 Å². The fraction of sp³-hybridized carbons (Fsp3) is 0.391. The standard InChI is InChI=1S/C23H26N2O5/c1-28-19-6-4-5-18(12-19)25-14-17(11-22(25)26)23(27)24-8-7-15-9-20(29-2)21(30-3)10-16(15)13-24/h4-6,9-10,12,17H,7-8,11,13-14H2,1-3H3/t17-/m0/s1. The molecule has 1 fully saturated rings. The van der Waals surface area contributed by atoms with E-state index in [0.717, 1.165) is 23.2 Å². The lowest BCUT2D eigenvalue weighted by Crippen LogP contribution is -2.40. The Morgan fingerprint density at radius 2 is 1.73 bits per heavy atom. The van der Waals surface area contributed by atoms with Crippen molar-refractivity contribution < 1.29 is 23.8 Å². The fourth-order valence-electron chi connectivity index (χ4n) is 4.23. The maximum absolute atomic E-state index is 13.2. The molecule has 2 aromatic rings. The van der Waals surface area contributed by atoms with Crippen molar-refractivity contribution in [2.45, 2.75) is 19.4 Å². The number of nitrogens with zero attached hydrogens (tertiary/aromatic N) is 2. The number of hydrogen-bond donors (Lipinski definition) is 0. The van der Waals surface area contributed by atoms with Gasteiger partial charge in [0.1, 0.15) is 5.75 Å². The van der Waals surface area contributed by atoms with Crippen molar-refractivity contribution in [3.63, 3.8) is 0 Å². The van der Waals surface area contributed by atoms with Crippen LogP contribution in [-0.4, -0.2) is 51.1 Å². The monoisotopic (exact) mass is 410 g/mol.